The molecule has 8 rings (SSSR count). The first-order valence-electron chi connectivity index (χ1n) is 16.6. The fourth-order valence-electron chi connectivity index (χ4n) is 7.19. The third-order valence-electron chi connectivity index (χ3n) is 9.63. The van der Waals surface area contributed by atoms with Gasteiger partial charge in [-0.25, -0.2) is 0 Å². The minimum atomic E-state index is 0.264. The molecule has 48 heavy (non-hydrogen) atoms. The van der Waals surface area contributed by atoms with Crippen LogP contribution in [0, 0.1) is 44.5 Å². The number of hydrogen-bond donors (Lipinski definition) is 2. The second-order valence-corrected chi connectivity index (χ2v) is 13.1. The van der Waals surface area contributed by atoms with E-state index in [4.69, 9.17) is 0 Å². The third-order valence-corrected chi connectivity index (χ3v) is 9.63. The van der Waals surface area contributed by atoms with Crippen LogP contribution in [0.5, 0.6) is 0 Å². The van der Waals surface area contributed by atoms with Crippen molar-refractivity contribution < 1.29 is 0 Å². The van der Waals surface area contributed by atoms with Crippen LogP contribution in [0.25, 0.3) is 37.9 Å². The van der Waals surface area contributed by atoms with Crippen molar-refractivity contribution in [3.63, 3.8) is 0 Å². The highest BCUT2D eigenvalue weighted by atomic mass is 14.9. The Hall–Kier alpha value is -5.96. The van der Waals surface area contributed by atoms with Gasteiger partial charge in [0.1, 0.15) is 0 Å². The van der Waals surface area contributed by atoms with Crippen molar-refractivity contribution in [1.29, 1.82) is 0 Å². The van der Waals surface area contributed by atoms with Gasteiger partial charge in [0.05, 0.1) is 5.69 Å². The van der Waals surface area contributed by atoms with Gasteiger partial charge >= 0.3 is 0 Å². The number of nitrogens with one attached hydrogen (secondary N) is 2. The molecule has 0 saturated heterocycles. The highest BCUT2D eigenvalue weighted by molar-refractivity contribution is 6.23. The van der Waals surface area contributed by atoms with Crippen LogP contribution in [0.2, 0.25) is 0 Å². The fourth-order valence-corrected chi connectivity index (χ4v) is 7.19. The predicted molar refractivity (Wildman–Crippen MR) is 202 cm³/mol. The van der Waals surface area contributed by atoms with Gasteiger partial charge in [-0.3, -0.25) is 0 Å². The second-order valence-electron chi connectivity index (χ2n) is 13.1. The van der Waals surface area contributed by atoms with Gasteiger partial charge in [0, 0.05) is 45.3 Å². The van der Waals surface area contributed by atoms with Gasteiger partial charge in [-0.15, -0.1) is 0 Å². The average molecular weight is 617 g/mol. The van der Waals surface area contributed by atoms with Crippen LogP contribution in [-0.2, 0) is 0 Å². The molecule has 0 spiro atoms. The number of hydrogen-bond acceptors (Lipinski definition) is 1. The van der Waals surface area contributed by atoms with Gasteiger partial charge in [0.25, 0.3) is 0 Å². The number of aryl methyl sites for hydroxylation is 2. The van der Waals surface area contributed by atoms with E-state index in [1.807, 2.05) is 0 Å². The minimum Gasteiger partial charge on any atom is -0.378 e. The van der Waals surface area contributed by atoms with Crippen LogP contribution in [-0.4, -0.2) is 11.0 Å². The molecule has 0 aliphatic carbocycles. The maximum Gasteiger partial charge on any atom is 0.0525 e. The van der Waals surface area contributed by atoms with Crippen LogP contribution in [0.1, 0.15) is 64.2 Å². The van der Waals surface area contributed by atoms with E-state index >= 15 is 0 Å². The van der Waals surface area contributed by atoms with Gasteiger partial charge in [0.15, 0.2) is 0 Å². The summed E-state index contributed by atoms with van der Waals surface area (Å²) in [5, 5.41) is 11.3. The number of aromatic nitrogens is 1. The molecule has 7 aromatic rings. The van der Waals surface area contributed by atoms with Crippen molar-refractivity contribution in [3.05, 3.63) is 171 Å². The zero-order valence-corrected chi connectivity index (χ0v) is 28.0. The summed E-state index contributed by atoms with van der Waals surface area (Å²) in [5.74, 6) is 13.8. The van der Waals surface area contributed by atoms with Gasteiger partial charge < -0.3 is 10.3 Å². The number of benzene rings is 6. The first-order chi connectivity index (χ1) is 23.3. The van der Waals surface area contributed by atoms with Crippen molar-refractivity contribution in [2.75, 3.05) is 0 Å². The minimum absolute atomic E-state index is 0.264. The maximum absolute atomic E-state index is 3.75. The van der Waals surface area contributed by atoms with Gasteiger partial charge in [0.2, 0.25) is 0 Å². The van der Waals surface area contributed by atoms with E-state index in [2.05, 4.69) is 178 Å². The Morgan fingerprint density at radius 2 is 1.25 bits per heavy atom. The lowest BCUT2D eigenvalue weighted by Crippen LogP contribution is -2.18. The maximum atomic E-state index is 3.75. The first-order valence-corrected chi connectivity index (χ1v) is 16.6. The Balaban J connectivity index is 1.20. The monoisotopic (exact) mass is 616 g/mol. The molecule has 1 aliphatic heterocycles. The van der Waals surface area contributed by atoms with E-state index in [0.29, 0.717) is 0 Å². The SMILES string of the molecule is CC1=CC(C)N/C1=C(/c1ccc(C#Cc2ccc(C)cc2)cc1)c1[nH]c(C)c(C#Cc2ccc3ccc4cccc5ccc2c3c45)c1C. The van der Waals surface area contributed by atoms with Gasteiger partial charge in [-0.05, 0) is 114 Å². The van der Waals surface area contributed by atoms with Crippen LogP contribution < -0.4 is 5.32 Å². The normalized spacial score (nSPS) is 15.2. The van der Waals surface area contributed by atoms with Crippen molar-refractivity contribution in [3.8, 4) is 23.7 Å². The van der Waals surface area contributed by atoms with E-state index in [0.717, 1.165) is 56.0 Å². The van der Waals surface area contributed by atoms with E-state index < -0.39 is 0 Å². The number of aromatic amines is 1. The Labute approximate surface area is 282 Å². The Kier molecular flexibility index (Phi) is 7.17. The Morgan fingerprint density at radius 3 is 1.92 bits per heavy atom. The molecule has 230 valence electrons. The molecule has 2 nitrogen and oxygen atoms in total. The summed E-state index contributed by atoms with van der Waals surface area (Å²) in [6, 6.07) is 37.0. The van der Waals surface area contributed by atoms with Crippen molar-refractivity contribution in [2.24, 2.45) is 0 Å². The second kappa shape index (κ2) is 11.7. The van der Waals surface area contributed by atoms with Crippen molar-refractivity contribution in [1.82, 2.24) is 10.3 Å². The molecule has 1 unspecified atom stereocenters. The van der Waals surface area contributed by atoms with E-state index in [1.165, 1.54) is 43.5 Å². The highest BCUT2D eigenvalue weighted by Gasteiger charge is 2.23. The Morgan fingerprint density at radius 1 is 0.625 bits per heavy atom. The van der Waals surface area contributed by atoms with Crippen molar-refractivity contribution in [2.45, 2.75) is 40.7 Å². The molecule has 1 atom stereocenters. The summed E-state index contributed by atoms with van der Waals surface area (Å²) in [6.07, 6.45) is 2.29. The van der Waals surface area contributed by atoms with Crippen LogP contribution in [0.3, 0.4) is 0 Å². The summed E-state index contributed by atoms with van der Waals surface area (Å²) >= 11 is 0. The summed E-state index contributed by atoms with van der Waals surface area (Å²) in [4.78, 5) is 3.75. The molecule has 2 heterocycles. The number of H-pyrrole nitrogens is 1. The molecule has 1 aromatic heterocycles. The van der Waals surface area contributed by atoms with E-state index in [-0.39, 0.29) is 6.04 Å². The lowest BCUT2D eigenvalue weighted by Gasteiger charge is -2.16. The quantitative estimate of drug-likeness (QED) is 0.147. The topological polar surface area (TPSA) is 27.8 Å². The molecule has 0 fully saturated rings. The molecule has 0 bridgehead atoms. The lowest BCUT2D eigenvalue weighted by atomic mass is 9.92. The number of rotatable bonds is 2. The summed E-state index contributed by atoms with van der Waals surface area (Å²) in [7, 11) is 0. The molecule has 6 aromatic carbocycles. The Bertz CT molecular complexity index is 2550. The largest absolute Gasteiger partial charge is 0.378 e. The van der Waals surface area contributed by atoms with Crippen LogP contribution >= 0.6 is 0 Å². The average Bonchev–Trinajstić information content (AvgIpc) is 3.58. The summed E-state index contributed by atoms with van der Waals surface area (Å²) in [6.45, 7) is 10.8. The molecule has 0 amide bonds. The molecule has 2 heteroatoms. The molecule has 2 N–H and O–H groups in total. The fraction of sp³-hybridized carbons (Fsp3) is 0.130. The molecule has 0 saturated carbocycles. The third kappa shape index (κ3) is 5.13. The standard InChI is InChI=1S/C46H36N2/c1-28-9-11-33(12-10-28)13-14-34-15-17-39(18-16-34)44(45-29(2)27-30(3)47-45)46-31(4)40(32(5)48-46)25-23-35-19-20-38-22-21-36-7-6-8-37-24-26-41(35)43(38)42(36)37/h6-12,15-22,24,26-27,30,47-48H,1-5H3/b45-44-. The zero-order valence-electron chi connectivity index (χ0n) is 28.0. The highest BCUT2D eigenvalue weighted by Crippen LogP contribution is 2.37. The van der Waals surface area contributed by atoms with E-state index in [9.17, 15) is 0 Å². The van der Waals surface area contributed by atoms with E-state index in [1.54, 1.807) is 0 Å². The van der Waals surface area contributed by atoms with Gasteiger partial charge in [-0.2, -0.15) is 0 Å². The number of allylic oxidation sites excluding steroid dienone is 1. The summed E-state index contributed by atoms with van der Waals surface area (Å²) < 4.78 is 0. The zero-order chi connectivity index (χ0) is 32.9. The molecular formula is C46H36N2. The van der Waals surface area contributed by atoms with Gasteiger partial charge in [-0.1, -0.05) is 108 Å². The smallest absolute Gasteiger partial charge is 0.0525 e. The predicted octanol–water partition coefficient (Wildman–Crippen LogP) is 10.3. The lowest BCUT2D eigenvalue weighted by molar-refractivity contribution is 0.777. The van der Waals surface area contributed by atoms with Crippen LogP contribution in [0.15, 0.2) is 120 Å². The molecule has 1 aliphatic rings. The molecular weight excluding hydrogens is 581 g/mol. The molecule has 0 radical (unpaired) electrons. The summed E-state index contributed by atoms with van der Waals surface area (Å²) in [5.41, 5.74) is 13.3. The van der Waals surface area contributed by atoms with Crippen LogP contribution in [0.4, 0.5) is 0 Å². The first kappa shape index (κ1) is 29.4. The van der Waals surface area contributed by atoms with Crippen molar-refractivity contribution >= 4 is 37.9 Å².